The molecule has 5 nitrogen and oxygen atoms in total. The normalized spacial score (nSPS) is 10.5. The standard InChI is InChI=1S/C18H14BrClN2O3S/c1-24-11-4-5-13(19)12(8-11)17(23)22-18-21-15(9-26-18)10-3-6-16(25-2)14(20)7-10/h3-9H,1-2H3,(H,21,22,23). The number of amides is 1. The Balaban J connectivity index is 1.80. The first-order valence-electron chi connectivity index (χ1n) is 7.46. The number of hydrogen-bond acceptors (Lipinski definition) is 5. The highest BCUT2D eigenvalue weighted by Crippen LogP contribution is 2.32. The van der Waals surface area contributed by atoms with Gasteiger partial charge in [0.25, 0.3) is 5.91 Å². The molecule has 0 aliphatic rings. The Morgan fingerprint density at radius 2 is 2.00 bits per heavy atom. The molecule has 1 aromatic heterocycles. The fourth-order valence-electron chi connectivity index (χ4n) is 2.26. The number of hydrogen-bond donors (Lipinski definition) is 1. The topological polar surface area (TPSA) is 60.5 Å². The minimum atomic E-state index is -0.274. The number of carbonyl (C=O) groups excluding carboxylic acids is 1. The van der Waals surface area contributed by atoms with Gasteiger partial charge in [-0.2, -0.15) is 0 Å². The maximum Gasteiger partial charge on any atom is 0.258 e. The van der Waals surface area contributed by atoms with E-state index in [1.807, 2.05) is 11.4 Å². The molecule has 2 aromatic carbocycles. The van der Waals surface area contributed by atoms with Crippen LogP contribution in [0.1, 0.15) is 10.4 Å². The van der Waals surface area contributed by atoms with Gasteiger partial charge in [0.15, 0.2) is 5.13 Å². The summed E-state index contributed by atoms with van der Waals surface area (Å²) in [5.41, 5.74) is 2.03. The lowest BCUT2D eigenvalue weighted by molar-refractivity contribution is 0.102. The van der Waals surface area contributed by atoms with E-state index in [1.54, 1.807) is 44.6 Å². The molecule has 0 spiro atoms. The van der Waals surface area contributed by atoms with Gasteiger partial charge in [-0.25, -0.2) is 4.98 Å². The summed E-state index contributed by atoms with van der Waals surface area (Å²) in [5, 5.41) is 5.65. The number of ether oxygens (including phenoxy) is 2. The van der Waals surface area contributed by atoms with Crippen molar-refractivity contribution >= 4 is 49.9 Å². The zero-order valence-electron chi connectivity index (χ0n) is 13.9. The molecule has 0 saturated heterocycles. The molecule has 1 amide bonds. The van der Waals surface area contributed by atoms with Crippen LogP contribution in [-0.2, 0) is 0 Å². The third-order valence-corrected chi connectivity index (χ3v) is 5.33. The molecule has 0 atom stereocenters. The van der Waals surface area contributed by atoms with Crippen LogP contribution in [0.4, 0.5) is 5.13 Å². The highest BCUT2D eigenvalue weighted by molar-refractivity contribution is 9.10. The van der Waals surface area contributed by atoms with Crippen molar-refractivity contribution in [2.75, 3.05) is 19.5 Å². The molecule has 3 aromatic rings. The molecule has 0 bridgehead atoms. The summed E-state index contributed by atoms with van der Waals surface area (Å²) >= 11 is 10.9. The van der Waals surface area contributed by atoms with Gasteiger partial charge in [0.05, 0.1) is 30.5 Å². The van der Waals surface area contributed by atoms with Crippen LogP contribution < -0.4 is 14.8 Å². The Bertz CT molecular complexity index is 961. The third-order valence-electron chi connectivity index (χ3n) is 3.59. The lowest BCUT2D eigenvalue weighted by Gasteiger charge is -2.07. The highest BCUT2D eigenvalue weighted by Gasteiger charge is 2.14. The van der Waals surface area contributed by atoms with E-state index in [2.05, 4.69) is 26.2 Å². The fourth-order valence-corrected chi connectivity index (χ4v) is 3.66. The number of nitrogens with zero attached hydrogens (tertiary/aromatic N) is 1. The fraction of sp³-hybridized carbons (Fsp3) is 0.111. The zero-order chi connectivity index (χ0) is 18.7. The number of halogens is 2. The average molecular weight is 454 g/mol. The van der Waals surface area contributed by atoms with Gasteiger partial charge in [-0.3, -0.25) is 10.1 Å². The van der Waals surface area contributed by atoms with Gasteiger partial charge in [-0.15, -0.1) is 11.3 Å². The van der Waals surface area contributed by atoms with Crippen molar-refractivity contribution in [3.8, 4) is 22.8 Å². The summed E-state index contributed by atoms with van der Waals surface area (Å²) in [6.07, 6.45) is 0. The first-order valence-corrected chi connectivity index (χ1v) is 9.51. The second kappa shape index (κ2) is 8.07. The van der Waals surface area contributed by atoms with Gasteiger partial charge < -0.3 is 9.47 Å². The van der Waals surface area contributed by atoms with Crippen LogP contribution in [0.2, 0.25) is 5.02 Å². The molecular weight excluding hydrogens is 440 g/mol. The molecule has 26 heavy (non-hydrogen) atoms. The Kier molecular flexibility index (Phi) is 5.80. The average Bonchev–Trinajstić information content (AvgIpc) is 3.10. The number of thiazole rings is 1. The summed E-state index contributed by atoms with van der Waals surface area (Å²) < 4.78 is 11.0. The number of aromatic nitrogens is 1. The number of nitrogens with one attached hydrogen (secondary N) is 1. The first kappa shape index (κ1) is 18.7. The summed E-state index contributed by atoms with van der Waals surface area (Å²) in [6.45, 7) is 0. The van der Waals surface area contributed by atoms with Crippen LogP contribution in [0.5, 0.6) is 11.5 Å². The molecule has 0 aliphatic carbocycles. The number of carbonyl (C=O) groups is 1. The van der Waals surface area contributed by atoms with Crippen LogP contribution in [0, 0.1) is 0 Å². The van der Waals surface area contributed by atoms with Gasteiger partial charge >= 0.3 is 0 Å². The van der Waals surface area contributed by atoms with Gasteiger partial charge in [0.2, 0.25) is 0 Å². The van der Waals surface area contributed by atoms with E-state index >= 15 is 0 Å². The molecule has 134 valence electrons. The predicted molar refractivity (Wildman–Crippen MR) is 108 cm³/mol. The van der Waals surface area contributed by atoms with E-state index in [4.69, 9.17) is 21.1 Å². The van der Waals surface area contributed by atoms with Crippen molar-refractivity contribution in [2.24, 2.45) is 0 Å². The van der Waals surface area contributed by atoms with E-state index in [1.165, 1.54) is 11.3 Å². The third kappa shape index (κ3) is 4.00. The predicted octanol–water partition coefficient (Wildman–Crippen LogP) is 5.50. The molecule has 0 saturated carbocycles. The van der Waals surface area contributed by atoms with Crippen LogP contribution >= 0.6 is 38.9 Å². The first-order chi connectivity index (χ1) is 12.5. The maximum absolute atomic E-state index is 12.5. The van der Waals surface area contributed by atoms with Gasteiger partial charge in [-0.05, 0) is 52.3 Å². The van der Waals surface area contributed by atoms with Crippen molar-refractivity contribution in [1.29, 1.82) is 0 Å². The Morgan fingerprint density at radius 3 is 2.69 bits per heavy atom. The SMILES string of the molecule is COc1ccc(Br)c(C(=O)Nc2nc(-c3ccc(OC)c(Cl)c3)cs2)c1. The van der Waals surface area contributed by atoms with Crippen molar-refractivity contribution in [3.63, 3.8) is 0 Å². The Morgan fingerprint density at radius 1 is 1.19 bits per heavy atom. The van der Waals surface area contributed by atoms with Crippen molar-refractivity contribution in [1.82, 2.24) is 4.98 Å². The maximum atomic E-state index is 12.5. The van der Waals surface area contributed by atoms with E-state index in [-0.39, 0.29) is 5.91 Å². The van der Waals surface area contributed by atoms with E-state index in [0.717, 1.165) is 11.3 Å². The molecule has 0 aliphatic heterocycles. The minimum absolute atomic E-state index is 0.274. The van der Waals surface area contributed by atoms with E-state index < -0.39 is 0 Å². The lowest BCUT2D eigenvalue weighted by atomic mass is 10.2. The van der Waals surface area contributed by atoms with Crippen molar-refractivity contribution in [3.05, 3.63) is 56.8 Å². The van der Waals surface area contributed by atoms with Crippen molar-refractivity contribution in [2.45, 2.75) is 0 Å². The minimum Gasteiger partial charge on any atom is -0.497 e. The summed E-state index contributed by atoms with van der Waals surface area (Å²) in [7, 11) is 3.12. The molecule has 0 unspecified atom stereocenters. The van der Waals surface area contributed by atoms with E-state index in [9.17, 15) is 4.79 Å². The Hall–Kier alpha value is -2.09. The molecular formula is C18H14BrClN2O3S. The number of methoxy groups -OCH3 is 2. The largest absolute Gasteiger partial charge is 0.497 e. The molecule has 1 N–H and O–H groups in total. The number of benzene rings is 2. The number of rotatable bonds is 5. The smallest absolute Gasteiger partial charge is 0.258 e. The number of anilines is 1. The van der Waals surface area contributed by atoms with Crippen LogP contribution in [0.25, 0.3) is 11.3 Å². The highest BCUT2D eigenvalue weighted by atomic mass is 79.9. The molecule has 1 heterocycles. The monoisotopic (exact) mass is 452 g/mol. The molecule has 0 radical (unpaired) electrons. The quantitative estimate of drug-likeness (QED) is 0.554. The molecule has 0 fully saturated rings. The molecule has 3 rings (SSSR count). The zero-order valence-corrected chi connectivity index (χ0v) is 17.0. The van der Waals surface area contributed by atoms with Gasteiger partial charge in [-0.1, -0.05) is 11.6 Å². The van der Waals surface area contributed by atoms with E-state index in [0.29, 0.717) is 31.7 Å². The summed E-state index contributed by atoms with van der Waals surface area (Å²) in [5.74, 6) is 0.928. The van der Waals surface area contributed by atoms with Gasteiger partial charge in [0, 0.05) is 15.4 Å². The molecule has 8 heteroatoms. The van der Waals surface area contributed by atoms with Crippen LogP contribution in [-0.4, -0.2) is 25.1 Å². The second-order valence-corrected chi connectivity index (χ2v) is 7.31. The summed E-state index contributed by atoms with van der Waals surface area (Å²) in [4.78, 5) is 17.0. The van der Waals surface area contributed by atoms with Crippen molar-refractivity contribution < 1.29 is 14.3 Å². The Labute approximate surface area is 168 Å². The second-order valence-electron chi connectivity index (χ2n) is 5.19. The summed E-state index contributed by atoms with van der Waals surface area (Å²) in [6, 6.07) is 10.6. The van der Waals surface area contributed by atoms with Crippen LogP contribution in [0.3, 0.4) is 0 Å². The van der Waals surface area contributed by atoms with Crippen LogP contribution in [0.15, 0.2) is 46.3 Å². The van der Waals surface area contributed by atoms with Gasteiger partial charge in [0.1, 0.15) is 11.5 Å². The lowest BCUT2D eigenvalue weighted by Crippen LogP contribution is -2.12.